The third-order valence-electron chi connectivity index (χ3n) is 3.15. The fourth-order valence-corrected chi connectivity index (χ4v) is 2.61. The number of nitrogens with one attached hydrogen (secondary N) is 1. The molecule has 1 N–H and O–H groups in total. The molecule has 21 heavy (non-hydrogen) atoms. The largest absolute Gasteiger partial charge is 0.357 e. The fraction of sp³-hybridized carbons (Fsp3) is 0.600. The molecule has 0 aliphatic carbocycles. The van der Waals surface area contributed by atoms with Crippen LogP contribution in [-0.2, 0) is 11.3 Å². The smallest absolute Gasteiger partial charge is 0.242 e. The summed E-state index contributed by atoms with van der Waals surface area (Å²) in [7, 11) is 1.90. The molecular formula is C15H26N4OS. The van der Waals surface area contributed by atoms with Crippen LogP contribution in [0, 0.1) is 0 Å². The second-order valence-corrected chi connectivity index (χ2v) is 5.70. The Morgan fingerprint density at radius 1 is 1.33 bits per heavy atom. The number of nitrogens with zero attached hydrogens (tertiary/aromatic N) is 3. The van der Waals surface area contributed by atoms with Crippen LogP contribution in [0.5, 0.6) is 0 Å². The van der Waals surface area contributed by atoms with Gasteiger partial charge in [0.25, 0.3) is 0 Å². The molecule has 0 aliphatic rings. The van der Waals surface area contributed by atoms with Gasteiger partial charge in [-0.2, -0.15) is 0 Å². The Morgan fingerprint density at radius 2 is 2.05 bits per heavy atom. The summed E-state index contributed by atoms with van der Waals surface area (Å²) in [4.78, 5) is 21.7. The molecule has 0 saturated heterocycles. The SMILES string of the molecule is CCNC(=NCc1cccs1)N(C)CC(=O)N(CC)CC. The van der Waals surface area contributed by atoms with Gasteiger partial charge in [-0.1, -0.05) is 6.07 Å². The Kier molecular flexibility index (Phi) is 7.82. The third-order valence-corrected chi connectivity index (χ3v) is 4.01. The van der Waals surface area contributed by atoms with Gasteiger partial charge in [0.15, 0.2) is 5.96 Å². The van der Waals surface area contributed by atoms with E-state index >= 15 is 0 Å². The van der Waals surface area contributed by atoms with Crippen molar-refractivity contribution in [2.45, 2.75) is 27.3 Å². The zero-order valence-electron chi connectivity index (χ0n) is 13.4. The number of carbonyl (C=O) groups is 1. The van der Waals surface area contributed by atoms with Gasteiger partial charge < -0.3 is 15.1 Å². The average Bonchev–Trinajstić information content (AvgIpc) is 2.97. The number of carbonyl (C=O) groups excluding carboxylic acids is 1. The summed E-state index contributed by atoms with van der Waals surface area (Å²) in [6, 6.07) is 4.09. The lowest BCUT2D eigenvalue weighted by atomic mass is 10.4. The van der Waals surface area contributed by atoms with E-state index in [0.717, 1.165) is 25.6 Å². The number of hydrogen-bond donors (Lipinski definition) is 1. The number of hydrogen-bond acceptors (Lipinski definition) is 3. The van der Waals surface area contributed by atoms with Gasteiger partial charge in [0, 0.05) is 31.6 Å². The van der Waals surface area contributed by atoms with Gasteiger partial charge >= 0.3 is 0 Å². The molecule has 1 aromatic rings. The normalized spacial score (nSPS) is 11.3. The maximum atomic E-state index is 12.2. The summed E-state index contributed by atoms with van der Waals surface area (Å²) in [5.41, 5.74) is 0. The highest BCUT2D eigenvalue weighted by molar-refractivity contribution is 7.09. The molecule has 0 bridgehead atoms. The van der Waals surface area contributed by atoms with Crippen molar-refractivity contribution in [3.63, 3.8) is 0 Å². The Bertz CT molecular complexity index is 441. The van der Waals surface area contributed by atoms with Crippen LogP contribution in [0.3, 0.4) is 0 Å². The molecule has 1 rings (SSSR count). The van der Waals surface area contributed by atoms with Crippen LogP contribution in [0.25, 0.3) is 0 Å². The average molecular weight is 310 g/mol. The third kappa shape index (κ3) is 5.75. The number of thiophene rings is 1. The first-order valence-electron chi connectivity index (χ1n) is 7.41. The highest BCUT2D eigenvalue weighted by atomic mass is 32.1. The molecular weight excluding hydrogens is 284 g/mol. The molecule has 6 heteroatoms. The molecule has 5 nitrogen and oxygen atoms in total. The molecule has 0 radical (unpaired) electrons. The van der Waals surface area contributed by atoms with Crippen LogP contribution in [0.15, 0.2) is 22.5 Å². The van der Waals surface area contributed by atoms with Crippen LogP contribution < -0.4 is 5.32 Å². The summed E-state index contributed by atoms with van der Waals surface area (Å²) >= 11 is 1.69. The van der Waals surface area contributed by atoms with E-state index in [-0.39, 0.29) is 5.91 Å². The summed E-state index contributed by atoms with van der Waals surface area (Å²) < 4.78 is 0. The predicted octanol–water partition coefficient (Wildman–Crippen LogP) is 2.01. The Balaban J connectivity index is 2.66. The predicted molar refractivity (Wildman–Crippen MR) is 89.7 cm³/mol. The van der Waals surface area contributed by atoms with Crippen LogP contribution in [0.4, 0.5) is 0 Å². The first-order valence-corrected chi connectivity index (χ1v) is 8.29. The molecule has 0 fully saturated rings. The van der Waals surface area contributed by atoms with Gasteiger partial charge in [0.05, 0.1) is 13.1 Å². The van der Waals surface area contributed by atoms with Crippen molar-refractivity contribution in [3.05, 3.63) is 22.4 Å². The number of aliphatic imine (C=N–C) groups is 1. The van der Waals surface area contributed by atoms with Crippen LogP contribution in [-0.4, -0.2) is 54.9 Å². The van der Waals surface area contributed by atoms with Gasteiger partial charge in [-0.25, -0.2) is 4.99 Å². The number of guanidine groups is 1. The quantitative estimate of drug-likeness (QED) is 0.619. The molecule has 0 spiro atoms. The highest BCUT2D eigenvalue weighted by Crippen LogP contribution is 2.09. The van der Waals surface area contributed by atoms with E-state index < -0.39 is 0 Å². The van der Waals surface area contributed by atoms with E-state index in [9.17, 15) is 4.79 Å². The van der Waals surface area contributed by atoms with Crippen LogP contribution in [0.2, 0.25) is 0 Å². The molecule has 1 amide bonds. The van der Waals surface area contributed by atoms with E-state index in [4.69, 9.17) is 0 Å². The molecule has 0 aliphatic heterocycles. The van der Waals surface area contributed by atoms with Gasteiger partial charge in [-0.3, -0.25) is 4.79 Å². The van der Waals surface area contributed by atoms with Crippen LogP contribution >= 0.6 is 11.3 Å². The van der Waals surface area contributed by atoms with Gasteiger partial charge in [-0.15, -0.1) is 11.3 Å². The molecule has 0 atom stereocenters. The van der Waals surface area contributed by atoms with E-state index in [0.29, 0.717) is 13.1 Å². The molecule has 0 saturated carbocycles. The zero-order chi connectivity index (χ0) is 15.7. The van der Waals surface area contributed by atoms with Crippen molar-refractivity contribution in [2.75, 3.05) is 33.2 Å². The lowest BCUT2D eigenvalue weighted by Gasteiger charge is -2.25. The number of rotatable bonds is 7. The lowest BCUT2D eigenvalue weighted by Crippen LogP contribution is -2.45. The Labute approximate surface area is 131 Å². The maximum absolute atomic E-state index is 12.2. The first kappa shape index (κ1) is 17.5. The topological polar surface area (TPSA) is 47.9 Å². The molecule has 118 valence electrons. The van der Waals surface area contributed by atoms with E-state index in [1.165, 1.54) is 4.88 Å². The van der Waals surface area contributed by atoms with Crippen molar-refractivity contribution in [2.24, 2.45) is 4.99 Å². The van der Waals surface area contributed by atoms with Crippen molar-refractivity contribution >= 4 is 23.2 Å². The second kappa shape index (κ2) is 9.39. The number of likely N-dealkylation sites (N-methyl/N-ethyl adjacent to an activating group) is 2. The molecule has 1 heterocycles. The van der Waals surface area contributed by atoms with E-state index in [1.807, 2.05) is 49.1 Å². The van der Waals surface area contributed by atoms with E-state index in [2.05, 4.69) is 16.4 Å². The summed E-state index contributed by atoms with van der Waals surface area (Å²) in [6.07, 6.45) is 0. The minimum absolute atomic E-state index is 0.129. The summed E-state index contributed by atoms with van der Waals surface area (Å²) in [6.45, 7) is 9.28. The molecule has 0 unspecified atom stereocenters. The Hall–Kier alpha value is -1.56. The van der Waals surface area contributed by atoms with Crippen LogP contribution in [0.1, 0.15) is 25.6 Å². The van der Waals surface area contributed by atoms with E-state index in [1.54, 1.807) is 11.3 Å². The summed E-state index contributed by atoms with van der Waals surface area (Å²) in [5, 5.41) is 5.28. The first-order chi connectivity index (χ1) is 10.1. The standard InChI is InChI=1S/C15H26N4OS/c1-5-16-15(17-11-13-9-8-10-21-13)18(4)12-14(20)19(6-2)7-3/h8-10H,5-7,11-12H2,1-4H3,(H,16,17). The lowest BCUT2D eigenvalue weighted by molar-refractivity contribution is -0.131. The van der Waals surface area contributed by atoms with Gasteiger partial charge in [0.2, 0.25) is 5.91 Å². The fourth-order valence-electron chi connectivity index (χ4n) is 1.98. The van der Waals surface area contributed by atoms with Crippen molar-refractivity contribution in [3.8, 4) is 0 Å². The Morgan fingerprint density at radius 3 is 2.57 bits per heavy atom. The highest BCUT2D eigenvalue weighted by Gasteiger charge is 2.14. The zero-order valence-corrected chi connectivity index (χ0v) is 14.2. The van der Waals surface area contributed by atoms with Crippen molar-refractivity contribution in [1.29, 1.82) is 0 Å². The van der Waals surface area contributed by atoms with Crippen molar-refractivity contribution in [1.82, 2.24) is 15.1 Å². The second-order valence-electron chi connectivity index (χ2n) is 4.67. The van der Waals surface area contributed by atoms with Gasteiger partial charge in [0.1, 0.15) is 0 Å². The summed E-state index contributed by atoms with van der Waals surface area (Å²) in [5.74, 6) is 0.899. The minimum Gasteiger partial charge on any atom is -0.357 e. The van der Waals surface area contributed by atoms with Gasteiger partial charge in [-0.05, 0) is 32.2 Å². The monoisotopic (exact) mass is 310 g/mol. The molecule has 1 aromatic heterocycles. The van der Waals surface area contributed by atoms with Crippen molar-refractivity contribution < 1.29 is 4.79 Å². The maximum Gasteiger partial charge on any atom is 0.242 e. The number of amides is 1. The molecule has 0 aromatic carbocycles. The minimum atomic E-state index is 0.129.